The molecule has 0 N–H and O–H groups in total. The van der Waals surface area contributed by atoms with Gasteiger partial charge in [0.25, 0.3) is 0 Å². The van der Waals surface area contributed by atoms with E-state index in [4.69, 9.17) is 0 Å². The van der Waals surface area contributed by atoms with Crippen LogP contribution in [0, 0.1) is 0 Å². The van der Waals surface area contributed by atoms with Crippen LogP contribution in [0.3, 0.4) is 0 Å². The fourth-order valence-electron chi connectivity index (χ4n) is 0.525. The van der Waals surface area contributed by atoms with Crippen LogP contribution in [0.2, 0.25) is 0 Å². The number of rotatable bonds is 1. The summed E-state index contributed by atoms with van der Waals surface area (Å²) in [7, 11) is -1.60. The lowest BCUT2D eigenvalue weighted by molar-refractivity contribution is 0.611. The SMILES string of the molecule is Cn1cc(S(=O)(=O)Br)cn1. The van der Waals surface area contributed by atoms with Crippen LogP contribution < -0.4 is 0 Å². The van der Waals surface area contributed by atoms with E-state index in [1.807, 2.05) is 0 Å². The molecule has 0 atom stereocenters. The average Bonchev–Trinajstić information content (AvgIpc) is 2.11. The number of aromatic nitrogens is 2. The molecule has 1 aromatic rings. The predicted molar refractivity (Wildman–Crippen MR) is 39.3 cm³/mol. The summed E-state index contributed by atoms with van der Waals surface area (Å²) >= 11 is 2.52. The topological polar surface area (TPSA) is 52.0 Å². The van der Waals surface area contributed by atoms with E-state index in [1.54, 1.807) is 7.05 Å². The van der Waals surface area contributed by atoms with Crippen LogP contribution in [0.1, 0.15) is 0 Å². The van der Waals surface area contributed by atoms with Crippen LogP contribution in [0.5, 0.6) is 0 Å². The molecule has 0 saturated heterocycles. The summed E-state index contributed by atoms with van der Waals surface area (Å²) in [6, 6.07) is 0. The van der Waals surface area contributed by atoms with Crippen LogP contribution in [-0.2, 0) is 15.3 Å². The first-order chi connectivity index (χ1) is 4.50. The molecule has 0 aromatic carbocycles. The Bertz CT molecular complexity index is 329. The smallest absolute Gasteiger partial charge is 0.240 e. The zero-order chi connectivity index (χ0) is 7.78. The summed E-state index contributed by atoms with van der Waals surface area (Å²) in [6.07, 6.45) is 2.70. The quantitative estimate of drug-likeness (QED) is 0.654. The van der Waals surface area contributed by atoms with Crippen molar-refractivity contribution in [1.29, 1.82) is 0 Å². The van der Waals surface area contributed by atoms with Gasteiger partial charge < -0.3 is 0 Å². The van der Waals surface area contributed by atoms with E-state index in [0.29, 0.717) is 0 Å². The minimum absolute atomic E-state index is 0.176. The van der Waals surface area contributed by atoms with Crippen molar-refractivity contribution < 1.29 is 8.42 Å². The van der Waals surface area contributed by atoms with Crippen LogP contribution in [0.4, 0.5) is 0 Å². The Labute approximate surface area is 66.0 Å². The fourth-order valence-corrected chi connectivity index (χ4v) is 1.48. The monoisotopic (exact) mass is 224 g/mol. The Balaban J connectivity index is 3.21. The molecule has 0 spiro atoms. The molecule has 1 aromatic heterocycles. The van der Waals surface area contributed by atoms with Gasteiger partial charge in [0.1, 0.15) is 4.90 Å². The van der Waals surface area contributed by atoms with Gasteiger partial charge in [-0.05, 0) is 0 Å². The van der Waals surface area contributed by atoms with Crippen molar-refractivity contribution in [2.75, 3.05) is 0 Å². The van der Waals surface area contributed by atoms with Gasteiger partial charge in [-0.15, -0.1) is 0 Å². The van der Waals surface area contributed by atoms with Crippen molar-refractivity contribution in [2.45, 2.75) is 4.90 Å². The number of hydrogen-bond acceptors (Lipinski definition) is 3. The normalized spacial score (nSPS) is 11.8. The highest BCUT2D eigenvalue weighted by Crippen LogP contribution is 2.14. The molecule has 10 heavy (non-hydrogen) atoms. The molecule has 1 heterocycles. The van der Waals surface area contributed by atoms with Gasteiger partial charge in [0.15, 0.2) is 0 Å². The van der Waals surface area contributed by atoms with E-state index < -0.39 is 8.27 Å². The van der Waals surface area contributed by atoms with E-state index in [9.17, 15) is 8.42 Å². The van der Waals surface area contributed by atoms with Crippen LogP contribution in [0.25, 0.3) is 0 Å². The molecule has 0 saturated carbocycles. The third-order valence-corrected chi connectivity index (χ3v) is 2.86. The van der Waals surface area contributed by atoms with Crippen molar-refractivity contribution in [2.24, 2.45) is 7.05 Å². The lowest BCUT2D eigenvalue weighted by Crippen LogP contribution is -1.87. The lowest BCUT2D eigenvalue weighted by atomic mass is 10.7. The maximum absolute atomic E-state index is 10.7. The van der Waals surface area contributed by atoms with Crippen molar-refractivity contribution in [1.82, 2.24) is 9.78 Å². The first-order valence-corrected chi connectivity index (χ1v) is 5.76. The Morgan fingerprint density at radius 1 is 1.70 bits per heavy atom. The lowest BCUT2D eigenvalue weighted by Gasteiger charge is -1.84. The van der Waals surface area contributed by atoms with Crippen LogP contribution >= 0.6 is 14.8 Å². The summed E-state index contributed by atoms with van der Waals surface area (Å²) < 4.78 is 22.8. The molecule has 0 bridgehead atoms. The number of nitrogens with zero attached hydrogens (tertiary/aromatic N) is 2. The highest BCUT2D eigenvalue weighted by Gasteiger charge is 2.09. The maximum Gasteiger partial charge on any atom is 0.240 e. The second-order valence-corrected chi connectivity index (χ2v) is 5.69. The van der Waals surface area contributed by atoms with Gasteiger partial charge in [0.05, 0.1) is 21.0 Å². The average molecular weight is 225 g/mol. The molecule has 56 valence electrons. The molecule has 1 rings (SSSR count). The summed E-state index contributed by atoms with van der Waals surface area (Å²) in [5.41, 5.74) is 0. The van der Waals surface area contributed by atoms with Crippen LogP contribution in [0.15, 0.2) is 17.3 Å². The second kappa shape index (κ2) is 2.35. The third-order valence-electron chi connectivity index (χ3n) is 0.963. The van der Waals surface area contributed by atoms with Crippen molar-refractivity contribution in [3.63, 3.8) is 0 Å². The van der Waals surface area contributed by atoms with Gasteiger partial charge >= 0.3 is 0 Å². The Kier molecular flexibility index (Phi) is 1.82. The highest BCUT2D eigenvalue weighted by atomic mass is 79.9. The largest absolute Gasteiger partial charge is 0.274 e. The summed E-state index contributed by atoms with van der Waals surface area (Å²) in [5, 5.41) is 3.69. The van der Waals surface area contributed by atoms with Gasteiger partial charge in [-0.3, -0.25) is 4.68 Å². The summed E-state index contributed by atoms with van der Waals surface area (Å²) in [5.74, 6) is 0. The number of hydrogen-bond donors (Lipinski definition) is 0. The van der Waals surface area contributed by atoms with Crippen molar-refractivity contribution >= 4 is 23.1 Å². The molecular formula is C4H5BrN2O2S. The van der Waals surface area contributed by atoms with Gasteiger partial charge in [-0.25, -0.2) is 8.42 Å². The molecule has 0 aliphatic rings. The summed E-state index contributed by atoms with van der Waals surface area (Å²) in [6.45, 7) is 0. The predicted octanol–water partition coefficient (Wildman–Crippen LogP) is 0.504. The molecule has 4 nitrogen and oxygen atoms in total. The number of halogens is 1. The Morgan fingerprint density at radius 2 is 2.30 bits per heavy atom. The molecule has 0 amide bonds. The molecule has 6 heteroatoms. The Morgan fingerprint density at radius 3 is 2.50 bits per heavy atom. The van der Waals surface area contributed by atoms with Crippen LogP contribution in [-0.4, -0.2) is 18.2 Å². The zero-order valence-corrected chi connectivity index (χ0v) is 7.55. The second-order valence-electron chi connectivity index (χ2n) is 1.79. The number of aryl methyl sites for hydroxylation is 1. The van der Waals surface area contributed by atoms with Gasteiger partial charge in [0.2, 0.25) is 8.27 Å². The molecule has 0 radical (unpaired) electrons. The minimum Gasteiger partial charge on any atom is -0.274 e. The van der Waals surface area contributed by atoms with Crippen molar-refractivity contribution in [3.05, 3.63) is 12.4 Å². The minimum atomic E-state index is -3.25. The zero-order valence-electron chi connectivity index (χ0n) is 5.15. The molecule has 0 fully saturated rings. The highest BCUT2D eigenvalue weighted by molar-refractivity contribution is 9.47. The Hall–Kier alpha value is -0.360. The van der Waals surface area contributed by atoms with Gasteiger partial charge in [-0.2, -0.15) is 5.10 Å². The van der Waals surface area contributed by atoms with Gasteiger partial charge in [0, 0.05) is 13.2 Å². The molecular weight excluding hydrogens is 220 g/mol. The van der Waals surface area contributed by atoms with Crippen molar-refractivity contribution in [3.8, 4) is 0 Å². The standard InChI is InChI=1S/C4H5BrN2O2S/c1-7-3-4(2-6-7)10(5,8)9/h2-3H,1H3. The molecule has 0 aliphatic carbocycles. The summed E-state index contributed by atoms with van der Waals surface area (Å²) in [4.78, 5) is 0.176. The first-order valence-electron chi connectivity index (χ1n) is 2.43. The first kappa shape index (κ1) is 7.74. The maximum atomic E-state index is 10.7. The van der Waals surface area contributed by atoms with E-state index in [0.717, 1.165) is 0 Å². The fraction of sp³-hybridized carbons (Fsp3) is 0.250. The van der Waals surface area contributed by atoms with E-state index in [1.165, 1.54) is 17.1 Å². The van der Waals surface area contributed by atoms with Gasteiger partial charge in [-0.1, -0.05) is 0 Å². The molecule has 0 aliphatic heterocycles. The van der Waals surface area contributed by atoms with E-state index >= 15 is 0 Å². The van der Waals surface area contributed by atoms with E-state index in [2.05, 4.69) is 19.9 Å². The third kappa shape index (κ3) is 1.57. The van der Waals surface area contributed by atoms with E-state index in [-0.39, 0.29) is 4.90 Å². The molecule has 0 unspecified atom stereocenters.